The van der Waals surface area contributed by atoms with E-state index in [0.29, 0.717) is 16.9 Å². The summed E-state index contributed by atoms with van der Waals surface area (Å²) >= 11 is 2.03. The molecule has 0 aliphatic carbocycles. The quantitative estimate of drug-likeness (QED) is 0.304. The van der Waals surface area contributed by atoms with E-state index in [9.17, 15) is 4.79 Å². The molecule has 1 unspecified atom stereocenters. The highest BCUT2D eigenvalue weighted by atomic mass is 127. The third-order valence-electron chi connectivity index (χ3n) is 3.99. The lowest BCUT2D eigenvalue weighted by Gasteiger charge is -2.24. The fraction of sp³-hybridized carbons (Fsp3) is 0.529. The van der Waals surface area contributed by atoms with E-state index >= 15 is 0 Å². The van der Waals surface area contributed by atoms with Crippen molar-refractivity contribution in [3.05, 3.63) is 35.4 Å². The molecule has 0 spiro atoms. The molecular weight excluding hydrogens is 437 g/mol. The molecule has 1 heterocycles. The van der Waals surface area contributed by atoms with Gasteiger partial charge in [0.25, 0.3) is 0 Å². The summed E-state index contributed by atoms with van der Waals surface area (Å²) in [6.07, 6.45) is 2.54. The number of thioether (sulfide) groups is 1. The highest BCUT2D eigenvalue weighted by Gasteiger charge is 2.29. The van der Waals surface area contributed by atoms with E-state index < -0.39 is 0 Å². The van der Waals surface area contributed by atoms with Crippen molar-refractivity contribution >= 4 is 47.7 Å². The van der Waals surface area contributed by atoms with E-state index in [-0.39, 0.29) is 29.9 Å². The van der Waals surface area contributed by atoms with Crippen molar-refractivity contribution in [1.29, 1.82) is 0 Å². The van der Waals surface area contributed by atoms with Crippen molar-refractivity contribution in [3.8, 4) is 0 Å². The lowest BCUT2D eigenvalue weighted by atomic mass is 10.1. The van der Waals surface area contributed by atoms with Crippen LogP contribution in [0.1, 0.15) is 35.7 Å². The summed E-state index contributed by atoms with van der Waals surface area (Å²) in [6, 6.07) is 7.38. The first-order valence-corrected chi connectivity index (χ1v) is 8.80. The summed E-state index contributed by atoms with van der Waals surface area (Å²) in [5.41, 5.74) is 1.65. The van der Waals surface area contributed by atoms with Gasteiger partial charge in [0.1, 0.15) is 0 Å². The Morgan fingerprint density at radius 2 is 2.04 bits per heavy atom. The van der Waals surface area contributed by atoms with Gasteiger partial charge in [-0.1, -0.05) is 12.1 Å². The average molecular weight is 463 g/mol. The largest absolute Gasteiger partial charge is 0.465 e. The zero-order chi connectivity index (χ0) is 16.7. The Labute approximate surface area is 165 Å². The average Bonchev–Trinajstić information content (AvgIpc) is 3.01. The topological polar surface area (TPSA) is 62.7 Å². The van der Waals surface area contributed by atoms with Crippen molar-refractivity contribution < 1.29 is 9.53 Å². The molecule has 134 valence electrons. The fourth-order valence-electron chi connectivity index (χ4n) is 2.53. The number of esters is 1. The molecule has 0 radical (unpaired) electrons. The molecule has 1 aliphatic rings. The Balaban J connectivity index is 0.00000288. The van der Waals surface area contributed by atoms with E-state index in [2.05, 4.69) is 22.5 Å². The molecular formula is C17H26IN3O2S. The van der Waals surface area contributed by atoms with Crippen LogP contribution in [0.3, 0.4) is 0 Å². The van der Waals surface area contributed by atoms with Crippen LogP contribution in [0.4, 0.5) is 0 Å². The monoisotopic (exact) mass is 463 g/mol. The van der Waals surface area contributed by atoms with Gasteiger partial charge in [0.2, 0.25) is 0 Å². The Hall–Kier alpha value is -0.960. The third kappa shape index (κ3) is 6.16. The molecule has 7 heteroatoms. The van der Waals surface area contributed by atoms with Gasteiger partial charge in [-0.05, 0) is 43.2 Å². The van der Waals surface area contributed by atoms with Gasteiger partial charge < -0.3 is 15.4 Å². The van der Waals surface area contributed by atoms with E-state index in [1.807, 2.05) is 23.9 Å². The zero-order valence-corrected chi connectivity index (χ0v) is 17.6. The van der Waals surface area contributed by atoms with Gasteiger partial charge >= 0.3 is 5.97 Å². The summed E-state index contributed by atoms with van der Waals surface area (Å²) < 4.78 is 5.00. The minimum atomic E-state index is -0.315. The Morgan fingerprint density at radius 1 is 1.33 bits per heavy atom. The van der Waals surface area contributed by atoms with Crippen LogP contribution >= 0.6 is 35.7 Å². The van der Waals surface area contributed by atoms with Crippen molar-refractivity contribution in [2.75, 3.05) is 26.5 Å². The maximum Gasteiger partial charge on any atom is 0.337 e. The van der Waals surface area contributed by atoms with Gasteiger partial charge in [0.05, 0.1) is 12.7 Å². The number of hydrogen-bond donors (Lipinski definition) is 2. The van der Waals surface area contributed by atoms with Gasteiger partial charge in [0, 0.05) is 24.9 Å². The van der Waals surface area contributed by atoms with Crippen LogP contribution in [-0.2, 0) is 11.3 Å². The van der Waals surface area contributed by atoms with Crippen LogP contribution < -0.4 is 10.6 Å². The second-order valence-electron chi connectivity index (χ2n) is 5.87. The number of guanidine groups is 1. The summed E-state index contributed by atoms with van der Waals surface area (Å²) in [5, 5.41) is 6.71. The van der Waals surface area contributed by atoms with E-state index in [1.54, 1.807) is 19.2 Å². The predicted octanol–water partition coefficient (Wildman–Crippen LogP) is 3.04. The smallest absolute Gasteiger partial charge is 0.337 e. The number of halogens is 1. The minimum Gasteiger partial charge on any atom is -0.465 e. The number of aliphatic imine (C=N–C) groups is 1. The number of ether oxygens (including phenoxy) is 1. The van der Waals surface area contributed by atoms with Crippen LogP contribution in [-0.4, -0.2) is 43.1 Å². The normalized spacial score (nSPS) is 20.2. The fourth-order valence-corrected chi connectivity index (χ4v) is 3.77. The molecule has 2 N–H and O–H groups in total. The molecule has 0 bridgehead atoms. The molecule has 0 aromatic heterocycles. The molecule has 0 saturated carbocycles. The van der Waals surface area contributed by atoms with Crippen LogP contribution in [0.5, 0.6) is 0 Å². The molecule has 5 nitrogen and oxygen atoms in total. The first-order valence-electron chi connectivity index (χ1n) is 7.82. The lowest BCUT2D eigenvalue weighted by Crippen LogP contribution is -2.43. The van der Waals surface area contributed by atoms with E-state index in [1.165, 1.54) is 25.7 Å². The molecule has 1 aromatic carbocycles. The first kappa shape index (κ1) is 21.1. The number of benzene rings is 1. The molecule has 24 heavy (non-hydrogen) atoms. The highest BCUT2D eigenvalue weighted by Crippen LogP contribution is 2.36. The second-order valence-corrected chi connectivity index (χ2v) is 7.55. The predicted molar refractivity (Wildman–Crippen MR) is 111 cm³/mol. The SMILES string of the molecule is CN=C(NCc1ccc(C(=O)OC)cc1)NCC1(C)CCCS1.I. The van der Waals surface area contributed by atoms with Gasteiger partial charge in [-0.15, -0.1) is 24.0 Å². The molecule has 1 atom stereocenters. The van der Waals surface area contributed by atoms with Crippen molar-refractivity contribution in [1.82, 2.24) is 10.6 Å². The van der Waals surface area contributed by atoms with E-state index in [0.717, 1.165) is 18.1 Å². The van der Waals surface area contributed by atoms with Gasteiger partial charge in [0.15, 0.2) is 5.96 Å². The Morgan fingerprint density at radius 3 is 2.58 bits per heavy atom. The van der Waals surface area contributed by atoms with Crippen LogP contribution in [0.25, 0.3) is 0 Å². The molecule has 1 aromatic rings. The second kappa shape index (κ2) is 10.1. The van der Waals surface area contributed by atoms with Gasteiger partial charge in [-0.25, -0.2) is 4.79 Å². The molecule has 0 amide bonds. The summed E-state index contributed by atoms with van der Waals surface area (Å²) in [4.78, 5) is 15.7. The lowest BCUT2D eigenvalue weighted by molar-refractivity contribution is 0.0600. The summed E-state index contributed by atoms with van der Waals surface area (Å²) in [6.45, 7) is 3.88. The molecule has 1 saturated heterocycles. The standard InChI is InChI=1S/C17H25N3O2S.HI/c1-17(9-4-10-23-17)12-20-16(18-2)19-11-13-5-7-14(8-6-13)15(21)22-3;/h5-8H,4,9-12H2,1-3H3,(H2,18,19,20);1H. The molecule has 1 aliphatic heterocycles. The van der Waals surface area contributed by atoms with Gasteiger partial charge in [-0.3, -0.25) is 4.99 Å². The van der Waals surface area contributed by atoms with Crippen LogP contribution in [0.2, 0.25) is 0 Å². The van der Waals surface area contributed by atoms with Gasteiger partial charge in [-0.2, -0.15) is 11.8 Å². The maximum atomic E-state index is 11.4. The first-order chi connectivity index (χ1) is 11.1. The van der Waals surface area contributed by atoms with Crippen LogP contribution in [0.15, 0.2) is 29.3 Å². The number of methoxy groups -OCH3 is 1. The zero-order valence-electron chi connectivity index (χ0n) is 14.4. The molecule has 2 rings (SSSR count). The number of rotatable bonds is 5. The van der Waals surface area contributed by atoms with E-state index in [4.69, 9.17) is 4.74 Å². The molecule has 1 fully saturated rings. The minimum absolute atomic E-state index is 0. The van der Waals surface area contributed by atoms with Crippen molar-refractivity contribution in [2.45, 2.75) is 31.1 Å². The third-order valence-corrected chi connectivity index (χ3v) is 5.53. The number of hydrogen-bond acceptors (Lipinski definition) is 4. The number of nitrogens with zero attached hydrogens (tertiary/aromatic N) is 1. The van der Waals surface area contributed by atoms with Crippen molar-refractivity contribution in [3.63, 3.8) is 0 Å². The maximum absolute atomic E-state index is 11.4. The highest BCUT2D eigenvalue weighted by molar-refractivity contribution is 14.0. The number of carbonyl (C=O) groups is 1. The van der Waals surface area contributed by atoms with Crippen molar-refractivity contribution in [2.24, 2.45) is 4.99 Å². The summed E-state index contributed by atoms with van der Waals surface area (Å²) in [5.74, 6) is 1.73. The van der Waals surface area contributed by atoms with Crippen LogP contribution in [0, 0.1) is 0 Å². The number of nitrogens with one attached hydrogen (secondary N) is 2. The number of carbonyl (C=O) groups excluding carboxylic acids is 1. The Kier molecular flexibility index (Phi) is 8.90. The Bertz CT molecular complexity index is 557. The summed E-state index contributed by atoms with van der Waals surface area (Å²) in [7, 11) is 3.16.